The Hall–Kier alpha value is -1.39. The van der Waals surface area contributed by atoms with E-state index in [1.165, 1.54) is 32.4 Å². The second-order valence-corrected chi connectivity index (χ2v) is 5.89. The molecule has 0 atom stereocenters. The van der Waals surface area contributed by atoms with Crippen LogP contribution >= 0.6 is 0 Å². The molecule has 0 aromatic heterocycles. The molecule has 4 nitrogen and oxygen atoms in total. The van der Waals surface area contributed by atoms with Gasteiger partial charge in [0.15, 0.2) is 0 Å². The third kappa shape index (κ3) is 5.14. The van der Waals surface area contributed by atoms with Crippen LogP contribution in [0.25, 0.3) is 0 Å². The van der Waals surface area contributed by atoms with Crippen molar-refractivity contribution >= 4 is 11.6 Å². The molecule has 0 unspecified atom stereocenters. The van der Waals surface area contributed by atoms with E-state index in [0.717, 1.165) is 29.9 Å². The van der Waals surface area contributed by atoms with E-state index in [-0.39, 0.29) is 5.91 Å². The molecule has 1 aliphatic rings. The van der Waals surface area contributed by atoms with Crippen molar-refractivity contribution in [2.75, 3.05) is 38.0 Å². The molecule has 1 amide bonds. The van der Waals surface area contributed by atoms with Crippen LogP contribution in [0.4, 0.5) is 5.69 Å². The summed E-state index contributed by atoms with van der Waals surface area (Å²) >= 11 is 0. The number of benzene rings is 1. The molecule has 2 rings (SSSR count). The van der Waals surface area contributed by atoms with Gasteiger partial charge in [-0.25, -0.2) is 0 Å². The standard InChI is InChI=1S/C17H27N3O/c1-14-7-6-8-15(2)17(14)19-16(21)13-18-9-12-20-10-4-3-5-11-20/h6-8,18H,3-5,9-13H2,1-2H3,(H,19,21). The SMILES string of the molecule is Cc1cccc(C)c1NC(=O)CNCCN1CCCCC1. The lowest BCUT2D eigenvalue weighted by atomic mass is 10.1. The minimum Gasteiger partial charge on any atom is -0.324 e. The monoisotopic (exact) mass is 289 g/mol. The highest BCUT2D eigenvalue weighted by Gasteiger charge is 2.10. The normalized spacial score (nSPS) is 15.9. The first-order valence-corrected chi connectivity index (χ1v) is 7.96. The topological polar surface area (TPSA) is 44.4 Å². The molecular weight excluding hydrogens is 262 g/mol. The van der Waals surface area contributed by atoms with E-state index in [4.69, 9.17) is 0 Å². The number of amides is 1. The summed E-state index contributed by atoms with van der Waals surface area (Å²) in [5, 5.41) is 6.24. The molecule has 0 radical (unpaired) electrons. The number of rotatable bonds is 6. The molecule has 1 heterocycles. The maximum Gasteiger partial charge on any atom is 0.238 e. The van der Waals surface area contributed by atoms with Crippen molar-refractivity contribution in [3.63, 3.8) is 0 Å². The molecule has 21 heavy (non-hydrogen) atoms. The molecule has 1 aromatic carbocycles. The highest BCUT2D eigenvalue weighted by atomic mass is 16.1. The summed E-state index contributed by atoms with van der Waals surface area (Å²) in [6.45, 7) is 8.74. The van der Waals surface area contributed by atoms with Gasteiger partial charge in [-0.05, 0) is 50.9 Å². The van der Waals surface area contributed by atoms with E-state index >= 15 is 0 Å². The van der Waals surface area contributed by atoms with E-state index in [0.29, 0.717) is 6.54 Å². The Labute approximate surface area is 127 Å². The fourth-order valence-electron chi connectivity index (χ4n) is 2.82. The van der Waals surface area contributed by atoms with Crippen LogP contribution < -0.4 is 10.6 Å². The zero-order valence-corrected chi connectivity index (χ0v) is 13.2. The van der Waals surface area contributed by atoms with E-state index in [1.54, 1.807) is 0 Å². The first-order chi connectivity index (χ1) is 10.2. The van der Waals surface area contributed by atoms with Crippen molar-refractivity contribution < 1.29 is 4.79 Å². The summed E-state index contributed by atoms with van der Waals surface area (Å²) in [7, 11) is 0. The highest BCUT2D eigenvalue weighted by molar-refractivity contribution is 5.93. The number of piperidine rings is 1. The Kier molecular flexibility index (Phi) is 6.21. The largest absolute Gasteiger partial charge is 0.324 e. The van der Waals surface area contributed by atoms with Gasteiger partial charge >= 0.3 is 0 Å². The Bertz CT molecular complexity index is 447. The van der Waals surface area contributed by atoms with Crippen molar-refractivity contribution in [2.24, 2.45) is 0 Å². The lowest BCUT2D eigenvalue weighted by molar-refractivity contribution is -0.115. The molecule has 0 aliphatic carbocycles. The minimum atomic E-state index is 0.0334. The van der Waals surface area contributed by atoms with Gasteiger partial charge in [-0.3, -0.25) is 4.79 Å². The second kappa shape index (κ2) is 8.15. The predicted molar refractivity (Wildman–Crippen MR) is 87.7 cm³/mol. The van der Waals surface area contributed by atoms with Crippen LogP contribution in [0.1, 0.15) is 30.4 Å². The fraction of sp³-hybridized carbons (Fsp3) is 0.588. The van der Waals surface area contributed by atoms with Gasteiger partial charge in [0, 0.05) is 18.8 Å². The summed E-state index contributed by atoms with van der Waals surface area (Å²) < 4.78 is 0. The zero-order chi connectivity index (χ0) is 15.1. The van der Waals surface area contributed by atoms with Gasteiger partial charge in [-0.15, -0.1) is 0 Å². The third-order valence-electron chi connectivity index (χ3n) is 4.08. The van der Waals surface area contributed by atoms with Gasteiger partial charge in [0.1, 0.15) is 0 Å². The van der Waals surface area contributed by atoms with Crippen LogP contribution in [0.5, 0.6) is 0 Å². The summed E-state index contributed by atoms with van der Waals surface area (Å²) in [4.78, 5) is 14.5. The third-order valence-corrected chi connectivity index (χ3v) is 4.08. The Morgan fingerprint density at radius 2 is 1.81 bits per heavy atom. The number of hydrogen-bond donors (Lipinski definition) is 2. The molecule has 0 spiro atoms. The molecule has 2 N–H and O–H groups in total. The van der Waals surface area contributed by atoms with Gasteiger partial charge in [0.25, 0.3) is 0 Å². The lowest BCUT2D eigenvalue weighted by Crippen LogP contribution is -2.38. The number of aryl methyl sites for hydroxylation is 2. The van der Waals surface area contributed by atoms with E-state index in [1.807, 2.05) is 32.0 Å². The van der Waals surface area contributed by atoms with Gasteiger partial charge < -0.3 is 15.5 Å². The van der Waals surface area contributed by atoms with Gasteiger partial charge in [0.05, 0.1) is 6.54 Å². The van der Waals surface area contributed by atoms with Crippen molar-refractivity contribution in [3.8, 4) is 0 Å². The molecule has 1 aromatic rings. The maximum atomic E-state index is 12.0. The number of carbonyl (C=O) groups excluding carboxylic acids is 1. The number of carbonyl (C=O) groups is 1. The van der Waals surface area contributed by atoms with Crippen LogP contribution in [-0.2, 0) is 4.79 Å². The minimum absolute atomic E-state index is 0.0334. The summed E-state index contributed by atoms with van der Waals surface area (Å²) in [6.07, 6.45) is 3.99. The van der Waals surface area contributed by atoms with Gasteiger partial charge in [0.2, 0.25) is 5.91 Å². The van der Waals surface area contributed by atoms with Crippen LogP contribution in [-0.4, -0.2) is 43.5 Å². The molecule has 1 saturated heterocycles. The van der Waals surface area contributed by atoms with Crippen molar-refractivity contribution in [1.29, 1.82) is 0 Å². The van der Waals surface area contributed by atoms with Crippen LogP contribution in [0.2, 0.25) is 0 Å². The van der Waals surface area contributed by atoms with Gasteiger partial charge in [-0.2, -0.15) is 0 Å². The molecule has 1 fully saturated rings. The van der Waals surface area contributed by atoms with Crippen molar-refractivity contribution in [2.45, 2.75) is 33.1 Å². The number of nitrogens with zero attached hydrogens (tertiary/aromatic N) is 1. The van der Waals surface area contributed by atoms with Crippen LogP contribution in [0, 0.1) is 13.8 Å². The highest BCUT2D eigenvalue weighted by Crippen LogP contribution is 2.18. The van der Waals surface area contributed by atoms with Gasteiger partial charge in [-0.1, -0.05) is 24.6 Å². The number of hydrogen-bond acceptors (Lipinski definition) is 3. The quantitative estimate of drug-likeness (QED) is 0.790. The molecule has 0 saturated carbocycles. The molecule has 1 aliphatic heterocycles. The number of para-hydroxylation sites is 1. The average Bonchev–Trinajstić information content (AvgIpc) is 2.49. The van der Waals surface area contributed by atoms with Crippen molar-refractivity contribution in [1.82, 2.24) is 10.2 Å². The summed E-state index contributed by atoms with van der Waals surface area (Å²) in [6, 6.07) is 6.05. The molecule has 116 valence electrons. The first kappa shape index (κ1) is 16.0. The number of likely N-dealkylation sites (tertiary alicyclic amines) is 1. The molecular formula is C17H27N3O. The smallest absolute Gasteiger partial charge is 0.238 e. The zero-order valence-electron chi connectivity index (χ0n) is 13.2. The van der Waals surface area contributed by atoms with Crippen LogP contribution in [0.15, 0.2) is 18.2 Å². The summed E-state index contributed by atoms with van der Waals surface area (Å²) in [5.41, 5.74) is 3.16. The maximum absolute atomic E-state index is 12.0. The Morgan fingerprint density at radius 1 is 1.14 bits per heavy atom. The number of nitrogens with one attached hydrogen (secondary N) is 2. The lowest BCUT2D eigenvalue weighted by Gasteiger charge is -2.26. The average molecular weight is 289 g/mol. The molecule has 4 heteroatoms. The van der Waals surface area contributed by atoms with Crippen LogP contribution in [0.3, 0.4) is 0 Å². The first-order valence-electron chi connectivity index (χ1n) is 7.96. The number of anilines is 1. The predicted octanol–water partition coefficient (Wildman–Crippen LogP) is 2.32. The van der Waals surface area contributed by atoms with E-state index in [2.05, 4.69) is 15.5 Å². The van der Waals surface area contributed by atoms with E-state index < -0.39 is 0 Å². The molecule has 0 bridgehead atoms. The second-order valence-electron chi connectivity index (χ2n) is 5.89. The van der Waals surface area contributed by atoms with E-state index in [9.17, 15) is 4.79 Å². The fourth-order valence-corrected chi connectivity index (χ4v) is 2.82. The Balaban J connectivity index is 1.67. The summed E-state index contributed by atoms with van der Waals surface area (Å²) in [5.74, 6) is 0.0334. The van der Waals surface area contributed by atoms with Crippen molar-refractivity contribution in [3.05, 3.63) is 29.3 Å². The Morgan fingerprint density at radius 3 is 2.48 bits per heavy atom.